The van der Waals surface area contributed by atoms with E-state index in [1.807, 2.05) is 11.8 Å². The van der Waals surface area contributed by atoms with Crippen molar-refractivity contribution < 1.29 is 50.8 Å². The molecule has 0 unspecified atom stereocenters. The molecular weight excluding hydrogens is 198 g/mol. The smallest absolute Gasteiger partial charge is 1.00 e. The molecule has 0 aromatic carbocycles. The Morgan fingerprint density at radius 2 is 1.55 bits per heavy atom. The van der Waals surface area contributed by atoms with Gasteiger partial charge in [0.1, 0.15) is 0 Å². The second-order valence-electron chi connectivity index (χ2n) is 1.03. The zero-order valence-electron chi connectivity index (χ0n) is 8.07. The standard InChI is InChI=1S/C4H10S.Na.HO3P.H2O.H/c1-3-5-4-2;;1-4(2)3;;/h3-4H2,1-2H3;;(H-,1,2,3);1H2;/q;+1;;;-1/p+1. The third kappa shape index (κ3) is 88.9. The van der Waals surface area contributed by atoms with E-state index in [2.05, 4.69) is 13.8 Å². The monoisotopic (exact) mass is 213 g/mol. The fourth-order valence-corrected chi connectivity index (χ4v) is 0.612. The average Bonchev–Trinajstić information content (AvgIpc) is 1.66. The van der Waals surface area contributed by atoms with Crippen LogP contribution in [0.15, 0.2) is 0 Å². The Kier molecular flexibility index (Phi) is 46.7. The third-order valence-electron chi connectivity index (χ3n) is 0.408. The van der Waals surface area contributed by atoms with Crippen molar-refractivity contribution in [3.05, 3.63) is 0 Å². The number of rotatable bonds is 2. The molecule has 0 amide bonds. The zero-order valence-corrected chi connectivity index (χ0v) is 10.8. The molecule has 0 aliphatic carbocycles. The van der Waals surface area contributed by atoms with Crippen LogP contribution in [0.2, 0.25) is 0 Å². The van der Waals surface area contributed by atoms with Crippen LogP contribution in [0.5, 0.6) is 0 Å². The first-order valence-electron chi connectivity index (χ1n) is 2.57. The van der Waals surface area contributed by atoms with Crippen LogP contribution in [0.25, 0.3) is 0 Å². The van der Waals surface area contributed by atoms with E-state index in [4.69, 9.17) is 14.4 Å². The molecule has 0 heterocycles. The molecule has 7 heteroatoms. The predicted octanol–water partition coefficient (Wildman–Crippen LogP) is -2.32. The minimum absolute atomic E-state index is 0. The maximum absolute atomic E-state index is 8.70. The van der Waals surface area contributed by atoms with Crippen LogP contribution < -0.4 is 29.6 Å². The summed E-state index contributed by atoms with van der Waals surface area (Å²) in [6, 6.07) is 0. The Bertz CT molecular complexity index is 74.1. The molecular formula is C4H15NaO4PS+. The molecule has 0 radical (unpaired) electrons. The van der Waals surface area contributed by atoms with Crippen LogP contribution >= 0.6 is 20.0 Å². The van der Waals surface area contributed by atoms with E-state index in [1.54, 1.807) is 0 Å². The molecule has 0 fully saturated rings. The minimum atomic E-state index is -2.87. The molecule has 0 saturated carbocycles. The summed E-state index contributed by atoms with van der Waals surface area (Å²) in [5.74, 6) is 2.52. The molecule has 0 bridgehead atoms. The van der Waals surface area contributed by atoms with Crippen LogP contribution in [-0.2, 0) is 4.57 Å². The summed E-state index contributed by atoms with van der Waals surface area (Å²) in [7, 11) is -2.87. The summed E-state index contributed by atoms with van der Waals surface area (Å²) < 4.78 is 8.70. The van der Waals surface area contributed by atoms with E-state index < -0.39 is 8.25 Å². The van der Waals surface area contributed by atoms with Crippen molar-refractivity contribution >= 4 is 20.0 Å². The first-order chi connectivity index (χ1) is 4.15. The van der Waals surface area contributed by atoms with E-state index in [1.165, 1.54) is 11.5 Å². The first-order valence-corrected chi connectivity index (χ1v) is 4.89. The van der Waals surface area contributed by atoms with Gasteiger partial charge in [0.05, 0.1) is 0 Å². The molecule has 0 aromatic heterocycles. The maximum Gasteiger partial charge on any atom is 1.00 e. The van der Waals surface area contributed by atoms with E-state index in [0.717, 1.165) is 0 Å². The van der Waals surface area contributed by atoms with Gasteiger partial charge in [-0.1, -0.05) is 13.8 Å². The van der Waals surface area contributed by atoms with Crippen molar-refractivity contribution in [2.75, 3.05) is 11.5 Å². The quantitative estimate of drug-likeness (QED) is 0.398. The van der Waals surface area contributed by atoms with Crippen molar-refractivity contribution in [2.24, 2.45) is 0 Å². The molecule has 0 aliphatic heterocycles. The average molecular weight is 213 g/mol. The molecule has 0 rings (SSSR count). The maximum atomic E-state index is 8.70. The van der Waals surface area contributed by atoms with Gasteiger partial charge in [-0.3, -0.25) is 0 Å². The summed E-state index contributed by atoms with van der Waals surface area (Å²) in [6.45, 7) is 4.35. The molecule has 4 nitrogen and oxygen atoms in total. The van der Waals surface area contributed by atoms with E-state index in [0.29, 0.717) is 0 Å². The number of thioether (sulfide) groups is 1. The van der Waals surface area contributed by atoms with Gasteiger partial charge in [0.15, 0.2) is 0 Å². The normalized spacial score (nSPS) is 6.18. The second-order valence-corrected chi connectivity index (χ2v) is 3.10. The molecule has 4 N–H and O–H groups in total. The van der Waals surface area contributed by atoms with Crippen LogP contribution in [0.3, 0.4) is 0 Å². The van der Waals surface area contributed by atoms with Gasteiger partial charge in [0, 0.05) is 4.57 Å². The van der Waals surface area contributed by atoms with Crippen molar-refractivity contribution in [3.63, 3.8) is 0 Å². The Labute approximate surface area is 95.8 Å². The Hall–Kier alpha value is 1.33. The molecule has 0 saturated heterocycles. The van der Waals surface area contributed by atoms with Crippen molar-refractivity contribution in [1.82, 2.24) is 0 Å². The van der Waals surface area contributed by atoms with Gasteiger partial charge in [-0.2, -0.15) is 11.8 Å². The van der Waals surface area contributed by atoms with E-state index >= 15 is 0 Å². The van der Waals surface area contributed by atoms with Crippen molar-refractivity contribution in [2.45, 2.75) is 13.8 Å². The van der Waals surface area contributed by atoms with Gasteiger partial charge in [0.25, 0.3) is 0 Å². The van der Waals surface area contributed by atoms with Gasteiger partial charge >= 0.3 is 37.8 Å². The Morgan fingerprint density at radius 1 is 1.36 bits per heavy atom. The topological polar surface area (TPSA) is 89.0 Å². The van der Waals surface area contributed by atoms with Crippen LogP contribution in [-0.4, -0.2) is 26.8 Å². The SMILES string of the molecule is CCSCC.O.O=[P+](O)O.[H-].[Na+]. The van der Waals surface area contributed by atoms with Crippen LogP contribution in [0.1, 0.15) is 15.3 Å². The molecule has 0 atom stereocenters. The summed E-state index contributed by atoms with van der Waals surface area (Å²) in [5, 5.41) is 0. The van der Waals surface area contributed by atoms with Gasteiger partial charge < -0.3 is 6.90 Å². The molecule has 11 heavy (non-hydrogen) atoms. The van der Waals surface area contributed by atoms with Gasteiger partial charge in [-0.25, -0.2) is 0 Å². The van der Waals surface area contributed by atoms with E-state index in [9.17, 15) is 0 Å². The molecule has 66 valence electrons. The largest absolute Gasteiger partial charge is 1.00 e. The number of hydrogen-bond donors (Lipinski definition) is 2. The van der Waals surface area contributed by atoms with Gasteiger partial charge in [-0.15, -0.1) is 9.79 Å². The molecule has 0 aliphatic rings. The Balaban J connectivity index is -0.0000000221. The van der Waals surface area contributed by atoms with Gasteiger partial charge in [0.2, 0.25) is 0 Å². The first kappa shape index (κ1) is 22.8. The minimum Gasteiger partial charge on any atom is -1.00 e. The van der Waals surface area contributed by atoms with Crippen molar-refractivity contribution in [3.8, 4) is 0 Å². The molecule has 0 spiro atoms. The fourth-order valence-electron chi connectivity index (χ4n) is 0.204. The fraction of sp³-hybridized carbons (Fsp3) is 1.00. The summed E-state index contributed by atoms with van der Waals surface area (Å²) in [6.07, 6.45) is 0. The summed E-state index contributed by atoms with van der Waals surface area (Å²) >= 11 is 1.96. The van der Waals surface area contributed by atoms with Crippen LogP contribution in [0, 0.1) is 0 Å². The summed E-state index contributed by atoms with van der Waals surface area (Å²) in [4.78, 5) is 14.2. The second kappa shape index (κ2) is 22.5. The third-order valence-corrected chi connectivity index (χ3v) is 1.22. The Morgan fingerprint density at radius 3 is 1.55 bits per heavy atom. The van der Waals surface area contributed by atoms with Crippen molar-refractivity contribution in [1.29, 1.82) is 0 Å². The summed E-state index contributed by atoms with van der Waals surface area (Å²) in [5.41, 5.74) is 0. The van der Waals surface area contributed by atoms with Crippen LogP contribution in [0.4, 0.5) is 0 Å². The van der Waals surface area contributed by atoms with Gasteiger partial charge in [-0.05, 0) is 11.5 Å². The molecule has 0 aromatic rings. The number of hydrogen-bond acceptors (Lipinski definition) is 2. The predicted molar refractivity (Wildman–Crippen MR) is 45.4 cm³/mol. The zero-order chi connectivity index (χ0) is 7.70. The van der Waals surface area contributed by atoms with E-state index in [-0.39, 0.29) is 36.5 Å².